The lowest BCUT2D eigenvalue weighted by atomic mass is 9.89. The molecule has 1 unspecified atom stereocenters. The number of aliphatic hydroxyl groups is 1. The molecule has 1 atom stereocenters. The topological polar surface area (TPSA) is 74.6 Å². The summed E-state index contributed by atoms with van der Waals surface area (Å²) in [5.74, 6) is -0.181. The Morgan fingerprint density at radius 1 is 1.41 bits per heavy atom. The molecule has 2 N–H and O–H groups in total. The SMILES string of the molecule is CC(C)(O)CC1CS(=O)(=O)c2ccc(O)cc21. The Morgan fingerprint density at radius 2 is 2.06 bits per heavy atom. The molecule has 2 rings (SSSR count). The van der Waals surface area contributed by atoms with Gasteiger partial charge in [0.25, 0.3) is 0 Å². The maximum atomic E-state index is 11.9. The molecule has 0 radical (unpaired) electrons. The van der Waals surface area contributed by atoms with Crippen molar-refractivity contribution >= 4 is 9.84 Å². The highest BCUT2D eigenvalue weighted by molar-refractivity contribution is 7.91. The number of rotatable bonds is 2. The first-order valence-electron chi connectivity index (χ1n) is 5.47. The van der Waals surface area contributed by atoms with Crippen molar-refractivity contribution in [2.45, 2.75) is 36.7 Å². The molecule has 0 amide bonds. The molecular formula is C12H16O4S. The van der Waals surface area contributed by atoms with Gasteiger partial charge in [-0.05, 0) is 44.0 Å². The minimum Gasteiger partial charge on any atom is -0.508 e. The maximum absolute atomic E-state index is 11.9. The summed E-state index contributed by atoms with van der Waals surface area (Å²) in [4.78, 5) is 0.282. The normalized spacial score (nSPS) is 22.4. The van der Waals surface area contributed by atoms with Gasteiger partial charge < -0.3 is 10.2 Å². The van der Waals surface area contributed by atoms with E-state index in [1.54, 1.807) is 13.8 Å². The standard InChI is InChI=1S/C12H16O4S/c1-12(2,14)6-8-7-17(15,16)11-4-3-9(13)5-10(8)11/h3-5,8,13-14H,6-7H2,1-2H3. The van der Waals surface area contributed by atoms with Crippen molar-refractivity contribution < 1.29 is 18.6 Å². The summed E-state index contributed by atoms with van der Waals surface area (Å²) < 4.78 is 23.8. The van der Waals surface area contributed by atoms with Crippen molar-refractivity contribution in [1.29, 1.82) is 0 Å². The number of benzene rings is 1. The summed E-state index contributed by atoms with van der Waals surface area (Å²) in [5, 5.41) is 19.2. The number of hydrogen-bond acceptors (Lipinski definition) is 4. The number of hydrogen-bond donors (Lipinski definition) is 2. The molecule has 5 heteroatoms. The largest absolute Gasteiger partial charge is 0.508 e. The van der Waals surface area contributed by atoms with E-state index in [0.717, 1.165) is 0 Å². The molecule has 4 nitrogen and oxygen atoms in total. The van der Waals surface area contributed by atoms with Crippen LogP contribution in [-0.2, 0) is 9.84 Å². The molecule has 0 fully saturated rings. The summed E-state index contributed by atoms with van der Waals surface area (Å²) in [7, 11) is -3.27. The highest BCUT2D eigenvalue weighted by Crippen LogP contribution is 2.40. The van der Waals surface area contributed by atoms with Gasteiger partial charge in [0.15, 0.2) is 9.84 Å². The fourth-order valence-corrected chi connectivity index (χ4v) is 4.22. The van der Waals surface area contributed by atoms with Crippen molar-refractivity contribution in [2.75, 3.05) is 5.75 Å². The van der Waals surface area contributed by atoms with Gasteiger partial charge in [0.1, 0.15) is 5.75 Å². The van der Waals surface area contributed by atoms with Crippen molar-refractivity contribution in [1.82, 2.24) is 0 Å². The highest BCUT2D eigenvalue weighted by atomic mass is 32.2. The molecule has 1 aliphatic rings. The van der Waals surface area contributed by atoms with Gasteiger partial charge in [0.05, 0.1) is 16.2 Å². The molecule has 94 valence electrons. The van der Waals surface area contributed by atoms with Crippen LogP contribution < -0.4 is 0 Å². The molecule has 17 heavy (non-hydrogen) atoms. The van der Waals surface area contributed by atoms with Crippen molar-refractivity contribution in [3.8, 4) is 5.75 Å². The molecule has 1 aromatic rings. The number of sulfone groups is 1. The summed E-state index contributed by atoms with van der Waals surface area (Å²) in [6.07, 6.45) is 0.364. The Balaban J connectivity index is 2.47. The van der Waals surface area contributed by atoms with Gasteiger partial charge >= 0.3 is 0 Å². The Kier molecular flexibility index (Phi) is 2.71. The fraction of sp³-hybridized carbons (Fsp3) is 0.500. The third-order valence-electron chi connectivity index (χ3n) is 2.93. The van der Waals surface area contributed by atoms with Gasteiger partial charge in [-0.15, -0.1) is 0 Å². The molecule has 1 aliphatic heterocycles. The molecule has 0 bridgehead atoms. The van der Waals surface area contributed by atoms with Gasteiger partial charge in [-0.25, -0.2) is 8.42 Å². The predicted octanol–water partition coefficient (Wildman–Crippen LogP) is 1.42. The zero-order valence-electron chi connectivity index (χ0n) is 9.84. The fourth-order valence-electron chi connectivity index (χ4n) is 2.35. The van der Waals surface area contributed by atoms with Crippen LogP contribution in [0.5, 0.6) is 5.75 Å². The lowest BCUT2D eigenvalue weighted by Gasteiger charge is -2.21. The van der Waals surface area contributed by atoms with E-state index in [1.807, 2.05) is 0 Å². The van der Waals surface area contributed by atoms with Gasteiger partial charge in [-0.2, -0.15) is 0 Å². The molecule has 1 aromatic carbocycles. The van der Waals surface area contributed by atoms with Crippen LogP contribution in [0.1, 0.15) is 31.7 Å². The third kappa shape index (κ3) is 2.45. The first kappa shape index (κ1) is 12.4. The predicted molar refractivity (Wildman–Crippen MR) is 63.8 cm³/mol. The maximum Gasteiger partial charge on any atom is 0.179 e. The average Bonchev–Trinajstić information content (AvgIpc) is 2.35. The Hall–Kier alpha value is -1.07. The Bertz CT molecular complexity index is 540. The van der Waals surface area contributed by atoms with Gasteiger partial charge in [0.2, 0.25) is 0 Å². The van der Waals surface area contributed by atoms with Gasteiger partial charge in [0, 0.05) is 5.92 Å². The van der Waals surface area contributed by atoms with Crippen LogP contribution in [0.4, 0.5) is 0 Å². The summed E-state index contributed by atoms with van der Waals surface area (Å²) in [6.45, 7) is 3.31. The molecule has 1 heterocycles. The van der Waals surface area contributed by atoms with Crippen LogP contribution in [0, 0.1) is 0 Å². The second-order valence-electron chi connectivity index (χ2n) is 5.22. The second kappa shape index (κ2) is 3.71. The first-order chi connectivity index (χ1) is 7.69. The second-order valence-corrected chi connectivity index (χ2v) is 7.22. The highest BCUT2D eigenvalue weighted by Gasteiger charge is 2.37. The zero-order chi connectivity index (χ0) is 12.8. The van der Waals surface area contributed by atoms with E-state index in [1.165, 1.54) is 18.2 Å². The number of fused-ring (bicyclic) bond motifs is 1. The van der Waals surface area contributed by atoms with E-state index in [9.17, 15) is 18.6 Å². The van der Waals surface area contributed by atoms with Crippen molar-refractivity contribution in [3.05, 3.63) is 23.8 Å². The monoisotopic (exact) mass is 256 g/mol. The van der Waals surface area contributed by atoms with Crippen LogP contribution in [0.2, 0.25) is 0 Å². The minimum absolute atomic E-state index is 0.00970. The van der Waals surface area contributed by atoms with Crippen LogP contribution in [0.25, 0.3) is 0 Å². The average molecular weight is 256 g/mol. The van der Waals surface area contributed by atoms with E-state index < -0.39 is 15.4 Å². The molecule has 0 spiro atoms. The molecule has 0 aromatic heterocycles. The van der Waals surface area contributed by atoms with E-state index in [4.69, 9.17) is 0 Å². The molecule has 0 saturated carbocycles. The van der Waals surface area contributed by atoms with Crippen LogP contribution in [0.3, 0.4) is 0 Å². The summed E-state index contributed by atoms with van der Waals surface area (Å²) in [5.41, 5.74) is -0.306. The van der Waals surface area contributed by atoms with Gasteiger partial charge in [-0.3, -0.25) is 0 Å². The number of aromatic hydroxyl groups is 1. The first-order valence-corrected chi connectivity index (χ1v) is 7.12. The van der Waals surface area contributed by atoms with E-state index in [0.29, 0.717) is 12.0 Å². The van der Waals surface area contributed by atoms with E-state index in [2.05, 4.69) is 0 Å². The van der Waals surface area contributed by atoms with E-state index >= 15 is 0 Å². The van der Waals surface area contributed by atoms with Crippen LogP contribution >= 0.6 is 0 Å². The zero-order valence-corrected chi connectivity index (χ0v) is 10.7. The van der Waals surface area contributed by atoms with Crippen LogP contribution in [0.15, 0.2) is 23.1 Å². The third-order valence-corrected chi connectivity index (χ3v) is 4.82. The van der Waals surface area contributed by atoms with Crippen LogP contribution in [-0.4, -0.2) is 30.0 Å². The van der Waals surface area contributed by atoms with Gasteiger partial charge in [-0.1, -0.05) is 0 Å². The molecular weight excluding hydrogens is 240 g/mol. The quantitative estimate of drug-likeness (QED) is 0.839. The number of phenolic OH excluding ortho intramolecular Hbond substituents is 1. The lowest BCUT2D eigenvalue weighted by Crippen LogP contribution is -2.23. The number of phenols is 1. The Morgan fingerprint density at radius 3 is 2.65 bits per heavy atom. The Labute approximate surface area is 101 Å². The summed E-state index contributed by atoms with van der Waals surface area (Å²) >= 11 is 0. The molecule has 0 aliphatic carbocycles. The van der Waals surface area contributed by atoms with E-state index in [-0.39, 0.29) is 22.3 Å². The summed E-state index contributed by atoms with van der Waals surface area (Å²) in [6, 6.07) is 4.30. The van der Waals surface area contributed by atoms with Crippen molar-refractivity contribution in [3.63, 3.8) is 0 Å². The smallest absolute Gasteiger partial charge is 0.179 e. The van der Waals surface area contributed by atoms with Crippen molar-refractivity contribution in [2.24, 2.45) is 0 Å². The lowest BCUT2D eigenvalue weighted by molar-refractivity contribution is 0.0652. The molecule has 0 saturated heterocycles. The minimum atomic E-state index is -3.27.